The molecule has 2 atom stereocenters. The summed E-state index contributed by atoms with van der Waals surface area (Å²) in [5.74, 6) is 0.196. The first-order valence-corrected chi connectivity index (χ1v) is 17.9. The first-order valence-electron chi connectivity index (χ1n) is 17.9. The van der Waals surface area contributed by atoms with Gasteiger partial charge in [0.05, 0.1) is 29.0 Å². The fraction of sp³-hybridized carbons (Fsp3) is 0.390. The lowest BCUT2D eigenvalue weighted by atomic mass is 9.76. The molecule has 0 amide bonds. The van der Waals surface area contributed by atoms with Gasteiger partial charge in [-0.2, -0.15) is 0 Å². The predicted octanol–water partition coefficient (Wildman–Crippen LogP) is 9.41. The lowest BCUT2D eigenvalue weighted by molar-refractivity contribution is 0.146. The third kappa shape index (κ3) is 7.48. The monoisotopic (exact) mass is 696 g/mol. The lowest BCUT2D eigenvalue weighted by Gasteiger charge is -2.35. The number of piperidine rings is 2. The molecule has 2 aliphatic heterocycles. The highest BCUT2D eigenvalue weighted by Crippen LogP contribution is 2.35. The second-order valence-electron chi connectivity index (χ2n) is 14.4. The molecule has 0 aliphatic carbocycles. The van der Waals surface area contributed by atoms with Gasteiger partial charge in [-0.25, -0.2) is 27.5 Å². The van der Waals surface area contributed by atoms with Gasteiger partial charge < -0.3 is 10.6 Å². The van der Waals surface area contributed by atoms with Crippen LogP contribution in [0.25, 0.3) is 22.2 Å². The molecule has 7 rings (SSSR count). The number of halogens is 4. The van der Waals surface area contributed by atoms with Crippen molar-refractivity contribution in [3.8, 4) is 11.3 Å². The van der Waals surface area contributed by atoms with Gasteiger partial charge in [0.25, 0.3) is 6.43 Å². The molecule has 3 aromatic carbocycles. The van der Waals surface area contributed by atoms with E-state index in [1.807, 2.05) is 12.1 Å². The standard InChI is InChI=1S/C41H44F4N6/c1-25(32-6-4-7-33(38(32)43)39(44)45)48-40-34-21-36(47-22-37(34)49-26(2)50-40)29-10-13-35(42)30(20-29)23-51-18-14-28(15-19-51)27-8-11-31(12-9-27)41(3)16-5-17-46-24-41/h4,6-13,20-22,25,28,39,46H,5,14-19,23-24H2,1-3H3,(H,48,49,50)/t25-,41+/m1/s1. The predicted molar refractivity (Wildman–Crippen MR) is 194 cm³/mol. The van der Waals surface area contributed by atoms with Gasteiger partial charge in [0.1, 0.15) is 23.3 Å². The number of likely N-dealkylation sites (tertiary alicyclic amines) is 1. The number of hydrogen-bond donors (Lipinski definition) is 2. The average Bonchev–Trinajstić information content (AvgIpc) is 3.13. The molecule has 4 heterocycles. The summed E-state index contributed by atoms with van der Waals surface area (Å²) in [6.07, 6.45) is 3.18. The van der Waals surface area contributed by atoms with Crippen LogP contribution in [0.5, 0.6) is 0 Å². The number of rotatable bonds is 9. The molecule has 0 spiro atoms. The van der Waals surface area contributed by atoms with Gasteiger partial charge in [0, 0.05) is 40.6 Å². The molecule has 5 aromatic rings. The molecule has 266 valence electrons. The van der Waals surface area contributed by atoms with E-state index in [0.29, 0.717) is 46.3 Å². The van der Waals surface area contributed by atoms with Crippen molar-refractivity contribution >= 4 is 16.7 Å². The van der Waals surface area contributed by atoms with Gasteiger partial charge in [-0.15, -0.1) is 0 Å². The Hall–Kier alpha value is -4.41. The Morgan fingerprint density at radius 1 is 0.980 bits per heavy atom. The summed E-state index contributed by atoms with van der Waals surface area (Å²) in [6.45, 7) is 10.2. The zero-order valence-electron chi connectivity index (χ0n) is 29.3. The van der Waals surface area contributed by atoms with Crippen molar-refractivity contribution in [3.05, 3.63) is 118 Å². The highest BCUT2D eigenvalue weighted by atomic mass is 19.3. The molecule has 0 bridgehead atoms. The fourth-order valence-corrected chi connectivity index (χ4v) is 7.75. The summed E-state index contributed by atoms with van der Waals surface area (Å²) in [7, 11) is 0. The Kier molecular flexibility index (Phi) is 10.1. The van der Waals surface area contributed by atoms with Crippen molar-refractivity contribution in [2.24, 2.45) is 0 Å². The molecular weight excluding hydrogens is 652 g/mol. The van der Waals surface area contributed by atoms with Gasteiger partial charge in [-0.1, -0.05) is 49.4 Å². The number of benzene rings is 3. The van der Waals surface area contributed by atoms with E-state index in [1.54, 1.807) is 26.1 Å². The van der Waals surface area contributed by atoms with Crippen molar-refractivity contribution in [1.82, 2.24) is 25.2 Å². The molecular formula is C41H44F4N6. The Morgan fingerprint density at radius 3 is 2.47 bits per heavy atom. The zero-order chi connectivity index (χ0) is 35.7. The van der Waals surface area contributed by atoms with Crippen molar-refractivity contribution in [1.29, 1.82) is 0 Å². The summed E-state index contributed by atoms with van der Waals surface area (Å²) in [6, 6.07) is 19.5. The van der Waals surface area contributed by atoms with Crippen LogP contribution in [-0.2, 0) is 12.0 Å². The quantitative estimate of drug-likeness (QED) is 0.150. The second kappa shape index (κ2) is 14.7. The number of anilines is 1. The van der Waals surface area contributed by atoms with E-state index < -0.39 is 23.8 Å². The van der Waals surface area contributed by atoms with Gasteiger partial charge in [-0.3, -0.25) is 9.88 Å². The maximum atomic E-state index is 15.2. The number of nitrogens with one attached hydrogen (secondary N) is 2. The molecule has 2 saturated heterocycles. The average molecular weight is 697 g/mol. The van der Waals surface area contributed by atoms with E-state index in [4.69, 9.17) is 0 Å². The van der Waals surface area contributed by atoms with Crippen LogP contribution in [0, 0.1) is 18.6 Å². The summed E-state index contributed by atoms with van der Waals surface area (Å²) >= 11 is 0. The van der Waals surface area contributed by atoms with Crippen molar-refractivity contribution in [3.63, 3.8) is 0 Å². The Morgan fingerprint density at radius 2 is 1.75 bits per heavy atom. The van der Waals surface area contributed by atoms with E-state index in [2.05, 4.69) is 61.7 Å². The first kappa shape index (κ1) is 35.0. The maximum Gasteiger partial charge on any atom is 0.266 e. The minimum Gasteiger partial charge on any atom is -0.363 e. The normalized spacial score (nSPS) is 19.5. The largest absolute Gasteiger partial charge is 0.363 e. The molecule has 2 N–H and O–H groups in total. The number of pyridine rings is 1. The number of aromatic nitrogens is 3. The third-order valence-corrected chi connectivity index (χ3v) is 10.8. The molecule has 2 aliphatic rings. The molecule has 0 saturated carbocycles. The highest BCUT2D eigenvalue weighted by molar-refractivity contribution is 5.91. The SMILES string of the molecule is Cc1nc(N[C@H](C)c2cccc(C(F)F)c2F)c2cc(-c3ccc(F)c(CN4CCC(c5ccc([C@@]6(C)CCCNC6)cc5)CC4)c3)ncc2n1. The van der Waals surface area contributed by atoms with E-state index >= 15 is 4.39 Å². The summed E-state index contributed by atoms with van der Waals surface area (Å²) in [4.78, 5) is 16.0. The minimum absolute atomic E-state index is 0.110. The molecule has 0 radical (unpaired) electrons. The van der Waals surface area contributed by atoms with Gasteiger partial charge in [-0.05, 0) is 100 Å². The van der Waals surface area contributed by atoms with Crippen LogP contribution in [0.3, 0.4) is 0 Å². The number of nitrogens with zero attached hydrogens (tertiary/aromatic N) is 4. The van der Waals surface area contributed by atoms with Crippen LogP contribution in [0.4, 0.5) is 23.4 Å². The molecule has 6 nitrogen and oxygen atoms in total. The summed E-state index contributed by atoms with van der Waals surface area (Å²) < 4.78 is 57.0. The summed E-state index contributed by atoms with van der Waals surface area (Å²) in [5.41, 5.74) is 4.99. The van der Waals surface area contributed by atoms with Crippen LogP contribution in [0.2, 0.25) is 0 Å². The Labute approximate surface area is 296 Å². The first-order chi connectivity index (χ1) is 24.6. The molecule has 0 unspecified atom stereocenters. The van der Waals surface area contributed by atoms with Crippen molar-refractivity contribution < 1.29 is 17.6 Å². The van der Waals surface area contributed by atoms with Gasteiger partial charge >= 0.3 is 0 Å². The molecule has 2 aromatic heterocycles. The molecule has 10 heteroatoms. The van der Waals surface area contributed by atoms with Crippen molar-refractivity contribution in [2.45, 2.75) is 76.8 Å². The van der Waals surface area contributed by atoms with E-state index in [1.165, 1.54) is 42.2 Å². The second-order valence-corrected chi connectivity index (χ2v) is 14.4. The number of aryl methyl sites for hydroxylation is 1. The molecule has 2 fully saturated rings. The topological polar surface area (TPSA) is 66.0 Å². The Balaban J connectivity index is 1.05. The van der Waals surface area contributed by atoms with Gasteiger partial charge in [0.15, 0.2) is 0 Å². The number of fused-ring (bicyclic) bond motifs is 1. The zero-order valence-corrected chi connectivity index (χ0v) is 29.3. The van der Waals surface area contributed by atoms with Crippen LogP contribution in [0.1, 0.15) is 91.6 Å². The maximum absolute atomic E-state index is 15.2. The van der Waals surface area contributed by atoms with Gasteiger partial charge in [0.2, 0.25) is 0 Å². The number of alkyl halides is 2. The van der Waals surface area contributed by atoms with Crippen LogP contribution in [0.15, 0.2) is 72.9 Å². The van der Waals surface area contributed by atoms with Crippen LogP contribution >= 0.6 is 0 Å². The number of hydrogen-bond acceptors (Lipinski definition) is 6. The van der Waals surface area contributed by atoms with Crippen LogP contribution < -0.4 is 10.6 Å². The Bertz CT molecular complexity index is 2000. The lowest BCUT2D eigenvalue weighted by Crippen LogP contribution is -2.41. The molecule has 51 heavy (non-hydrogen) atoms. The minimum atomic E-state index is -2.92. The highest BCUT2D eigenvalue weighted by Gasteiger charge is 2.29. The van der Waals surface area contributed by atoms with E-state index in [9.17, 15) is 13.2 Å². The van der Waals surface area contributed by atoms with E-state index in [0.717, 1.165) is 50.7 Å². The fourth-order valence-electron chi connectivity index (χ4n) is 7.75. The summed E-state index contributed by atoms with van der Waals surface area (Å²) in [5, 5.41) is 7.39. The van der Waals surface area contributed by atoms with E-state index in [-0.39, 0.29) is 16.8 Å². The third-order valence-electron chi connectivity index (χ3n) is 10.8. The smallest absolute Gasteiger partial charge is 0.266 e. The van der Waals surface area contributed by atoms with Crippen molar-refractivity contribution in [2.75, 3.05) is 31.5 Å². The van der Waals surface area contributed by atoms with Crippen LogP contribution in [-0.4, -0.2) is 46.0 Å².